The van der Waals surface area contributed by atoms with Crippen LogP contribution < -0.4 is 5.73 Å². The summed E-state index contributed by atoms with van der Waals surface area (Å²) < 4.78 is 7.47. The predicted octanol–water partition coefficient (Wildman–Crippen LogP) is 3.52. The highest BCUT2D eigenvalue weighted by atomic mass is 35.5. The first-order chi connectivity index (χ1) is 9.08. The van der Waals surface area contributed by atoms with Gasteiger partial charge in [-0.2, -0.15) is 0 Å². The number of imidazole rings is 1. The van der Waals surface area contributed by atoms with Crippen molar-refractivity contribution in [2.45, 2.75) is 19.4 Å². The van der Waals surface area contributed by atoms with Crippen LogP contribution in [0.3, 0.4) is 0 Å². The van der Waals surface area contributed by atoms with Crippen LogP contribution in [0.25, 0.3) is 11.0 Å². The lowest BCUT2D eigenvalue weighted by Crippen LogP contribution is -2.18. The number of benzene rings is 1. The van der Waals surface area contributed by atoms with E-state index in [-0.39, 0.29) is 6.04 Å². The second-order valence-corrected chi connectivity index (χ2v) is 5.77. The Bertz CT molecular complexity index is 620. The Balaban J connectivity index is 2.11. The van der Waals surface area contributed by atoms with Gasteiger partial charge in [0.2, 0.25) is 5.95 Å². The molecule has 2 atom stereocenters. The molecule has 1 aliphatic heterocycles. The number of nitrogens with two attached hydrogens (primary N) is 1. The first-order valence-corrected chi connectivity index (χ1v) is 7.03. The Kier molecular flexibility index (Phi) is 3.33. The third kappa shape index (κ3) is 2.18. The molecule has 1 aromatic heterocycles. The molecule has 3 rings (SSSR count). The number of nitrogens with zero attached hydrogens (tertiary/aromatic N) is 2. The zero-order valence-electron chi connectivity index (χ0n) is 10.6. The smallest absolute Gasteiger partial charge is 0.201 e. The van der Waals surface area contributed by atoms with Gasteiger partial charge in [0.25, 0.3) is 0 Å². The van der Waals surface area contributed by atoms with Crippen molar-refractivity contribution < 1.29 is 4.74 Å². The minimum Gasteiger partial charge on any atom is -0.381 e. The SMILES string of the molecule is CC(C1CCOC1)n1c(N)nc2cc(Cl)c(Cl)cc21. The molecule has 0 aliphatic carbocycles. The summed E-state index contributed by atoms with van der Waals surface area (Å²) in [5, 5.41) is 1.01. The zero-order chi connectivity index (χ0) is 13.6. The summed E-state index contributed by atoms with van der Waals surface area (Å²) in [4.78, 5) is 4.36. The molecule has 0 bridgehead atoms. The molecular weight excluding hydrogens is 285 g/mol. The molecule has 0 amide bonds. The fraction of sp³-hybridized carbons (Fsp3) is 0.462. The summed E-state index contributed by atoms with van der Waals surface area (Å²) in [6.07, 6.45) is 1.04. The number of hydrogen-bond acceptors (Lipinski definition) is 3. The van der Waals surface area contributed by atoms with Gasteiger partial charge in [0.05, 0.1) is 27.7 Å². The van der Waals surface area contributed by atoms with Gasteiger partial charge in [0.15, 0.2) is 0 Å². The molecule has 0 saturated carbocycles. The lowest BCUT2D eigenvalue weighted by molar-refractivity contribution is 0.176. The van der Waals surface area contributed by atoms with Gasteiger partial charge in [0.1, 0.15) is 0 Å². The zero-order valence-corrected chi connectivity index (χ0v) is 12.1. The Hall–Kier alpha value is -0.970. The molecule has 102 valence electrons. The quantitative estimate of drug-likeness (QED) is 0.923. The second-order valence-electron chi connectivity index (χ2n) is 4.96. The Morgan fingerprint density at radius 2 is 2.16 bits per heavy atom. The minimum absolute atomic E-state index is 0.227. The van der Waals surface area contributed by atoms with E-state index in [1.807, 2.05) is 10.6 Å². The molecule has 1 aliphatic rings. The summed E-state index contributed by atoms with van der Waals surface area (Å²) in [6, 6.07) is 3.81. The molecule has 4 nitrogen and oxygen atoms in total. The molecule has 2 aromatic rings. The number of nitrogen functional groups attached to an aromatic ring is 1. The molecule has 0 radical (unpaired) electrons. The number of halogens is 2. The van der Waals surface area contributed by atoms with Crippen LogP contribution in [-0.4, -0.2) is 22.8 Å². The lowest BCUT2D eigenvalue weighted by Gasteiger charge is -2.21. The summed E-state index contributed by atoms with van der Waals surface area (Å²) in [5.41, 5.74) is 7.74. The molecule has 0 spiro atoms. The van der Waals surface area contributed by atoms with Gasteiger partial charge in [-0.15, -0.1) is 0 Å². The van der Waals surface area contributed by atoms with Crippen molar-refractivity contribution in [3.63, 3.8) is 0 Å². The largest absolute Gasteiger partial charge is 0.381 e. The van der Waals surface area contributed by atoms with E-state index in [4.69, 9.17) is 33.7 Å². The molecule has 1 saturated heterocycles. The third-order valence-corrected chi connectivity index (χ3v) is 4.54. The van der Waals surface area contributed by atoms with Crippen LogP contribution in [-0.2, 0) is 4.74 Å². The predicted molar refractivity (Wildman–Crippen MR) is 77.8 cm³/mol. The van der Waals surface area contributed by atoms with Crippen LogP contribution in [0.2, 0.25) is 10.0 Å². The second kappa shape index (κ2) is 4.85. The van der Waals surface area contributed by atoms with Gasteiger partial charge in [-0.05, 0) is 25.5 Å². The molecule has 2 N–H and O–H groups in total. The lowest BCUT2D eigenvalue weighted by atomic mass is 10.0. The number of ether oxygens (including phenoxy) is 1. The van der Waals surface area contributed by atoms with E-state index in [0.717, 1.165) is 30.7 Å². The Labute approximate surface area is 121 Å². The van der Waals surface area contributed by atoms with Crippen molar-refractivity contribution in [3.05, 3.63) is 22.2 Å². The van der Waals surface area contributed by atoms with Gasteiger partial charge in [0, 0.05) is 18.6 Å². The fourth-order valence-electron chi connectivity index (χ4n) is 2.68. The molecule has 2 heterocycles. The van der Waals surface area contributed by atoms with Crippen molar-refractivity contribution >= 4 is 40.2 Å². The van der Waals surface area contributed by atoms with Crippen molar-refractivity contribution in [2.75, 3.05) is 18.9 Å². The highest BCUT2D eigenvalue weighted by Gasteiger charge is 2.26. The Morgan fingerprint density at radius 3 is 2.84 bits per heavy atom. The fourth-order valence-corrected chi connectivity index (χ4v) is 3.00. The maximum absolute atomic E-state index is 6.09. The van der Waals surface area contributed by atoms with Crippen molar-refractivity contribution in [2.24, 2.45) is 5.92 Å². The molecule has 2 unspecified atom stereocenters. The average Bonchev–Trinajstić information content (AvgIpc) is 2.97. The summed E-state index contributed by atoms with van der Waals surface area (Å²) in [7, 11) is 0. The first-order valence-electron chi connectivity index (χ1n) is 6.28. The molecule has 1 fully saturated rings. The van der Waals surface area contributed by atoms with Gasteiger partial charge >= 0.3 is 0 Å². The van der Waals surface area contributed by atoms with E-state index in [2.05, 4.69) is 11.9 Å². The maximum Gasteiger partial charge on any atom is 0.201 e. The minimum atomic E-state index is 0.227. The van der Waals surface area contributed by atoms with Gasteiger partial charge in [-0.1, -0.05) is 23.2 Å². The van der Waals surface area contributed by atoms with Crippen LogP contribution in [0.4, 0.5) is 5.95 Å². The Morgan fingerprint density at radius 1 is 1.42 bits per heavy atom. The monoisotopic (exact) mass is 299 g/mol. The standard InChI is InChI=1S/C13H15Cl2N3O/c1-7(8-2-3-19-6-8)18-12-5-10(15)9(14)4-11(12)17-13(18)16/h4-5,7-8H,2-3,6H2,1H3,(H2,16,17). The van der Waals surface area contributed by atoms with E-state index >= 15 is 0 Å². The number of anilines is 1. The number of aromatic nitrogens is 2. The molecular formula is C13H15Cl2N3O. The van der Waals surface area contributed by atoms with Crippen LogP contribution in [0.15, 0.2) is 12.1 Å². The van der Waals surface area contributed by atoms with Crippen LogP contribution in [0, 0.1) is 5.92 Å². The van der Waals surface area contributed by atoms with Crippen molar-refractivity contribution in [1.29, 1.82) is 0 Å². The number of rotatable bonds is 2. The third-order valence-electron chi connectivity index (χ3n) is 3.81. The van der Waals surface area contributed by atoms with E-state index in [9.17, 15) is 0 Å². The molecule has 6 heteroatoms. The maximum atomic E-state index is 6.09. The summed E-state index contributed by atoms with van der Waals surface area (Å²) in [6.45, 7) is 3.72. The van der Waals surface area contributed by atoms with Crippen LogP contribution in [0.5, 0.6) is 0 Å². The van der Waals surface area contributed by atoms with E-state index < -0.39 is 0 Å². The number of fused-ring (bicyclic) bond motifs is 1. The summed E-state index contributed by atoms with van der Waals surface area (Å²) >= 11 is 12.1. The topological polar surface area (TPSA) is 53.1 Å². The van der Waals surface area contributed by atoms with Crippen molar-refractivity contribution in [1.82, 2.24) is 9.55 Å². The summed E-state index contributed by atoms with van der Waals surface area (Å²) in [5.74, 6) is 0.946. The van der Waals surface area contributed by atoms with E-state index in [1.165, 1.54) is 0 Å². The molecule has 1 aromatic carbocycles. The highest BCUT2D eigenvalue weighted by molar-refractivity contribution is 6.42. The molecule has 19 heavy (non-hydrogen) atoms. The van der Waals surface area contributed by atoms with Crippen LogP contribution >= 0.6 is 23.2 Å². The average molecular weight is 300 g/mol. The van der Waals surface area contributed by atoms with Gasteiger partial charge in [-0.25, -0.2) is 4.98 Å². The highest BCUT2D eigenvalue weighted by Crippen LogP contribution is 2.34. The van der Waals surface area contributed by atoms with Gasteiger partial charge in [-0.3, -0.25) is 0 Å². The van der Waals surface area contributed by atoms with E-state index in [0.29, 0.717) is 21.9 Å². The van der Waals surface area contributed by atoms with Crippen LogP contribution in [0.1, 0.15) is 19.4 Å². The van der Waals surface area contributed by atoms with E-state index in [1.54, 1.807) is 6.07 Å². The first kappa shape index (κ1) is 13.0. The van der Waals surface area contributed by atoms with Gasteiger partial charge < -0.3 is 15.0 Å². The number of hydrogen-bond donors (Lipinski definition) is 1. The van der Waals surface area contributed by atoms with Crippen molar-refractivity contribution in [3.8, 4) is 0 Å². The normalized spacial score (nSPS) is 21.1.